The molecule has 0 heterocycles. The molecular formula is C14H19BrCl2N2O. The number of halogens is 3. The average Bonchev–Trinajstić information content (AvgIpc) is 2.32. The van der Waals surface area contributed by atoms with Crippen LogP contribution in [0, 0.1) is 0 Å². The predicted octanol–water partition coefficient (Wildman–Crippen LogP) is 4.86. The minimum Gasteiger partial charge on any atom is -0.371 e. The zero-order valence-electron chi connectivity index (χ0n) is 12.0. The van der Waals surface area contributed by atoms with E-state index in [1.54, 1.807) is 19.1 Å². The Kier molecular flexibility index (Phi) is 6.17. The molecule has 0 fully saturated rings. The Balaban J connectivity index is 2.81. The van der Waals surface area contributed by atoms with Gasteiger partial charge in [0.1, 0.15) is 6.04 Å². The first-order chi connectivity index (χ1) is 9.16. The molecule has 2 N–H and O–H groups in total. The Labute approximate surface area is 138 Å². The highest BCUT2D eigenvalue weighted by molar-refractivity contribution is 9.10. The first kappa shape index (κ1) is 17.6. The summed E-state index contributed by atoms with van der Waals surface area (Å²) in [5.74, 6) is -0.0908. The second kappa shape index (κ2) is 7.01. The maximum Gasteiger partial charge on any atom is 0.242 e. The van der Waals surface area contributed by atoms with E-state index in [4.69, 9.17) is 23.2 Å². The smallest absolute Gasteiger partial charge is 0.242 e. The molecule has 0 saturated carbocycles. The van der Waals surface area contributed by atoms with Gasteiger partial charge < -0.3 is 10.6 Å². The molecule has 1 aromatic rings. The highest BCUT2D eigenvalue weighted by Gasteiger charge is 2.22. The number of amides is 1. The molecule has 1 atom stereocenters. The normalized spacial score (nSPS) is 12.9. The van der Waals surface area contributed by atoms with E-state index in [0.717, 1.165) is 10.9 Å². The molecule has 0 bridgehead atoms. The van der Waals surface area contributed by atoms with E-state index in [-0.39, 0.29) is 11.4 Å². The zero-order valence-corrected chi connectivity index (χ0v) is 15.1. The summed E-state index contributed by atoms with van der Waals surface area (Å²) in [4.78, 5) is 12.1. The van der Waals surface area contributed by atoms with Crippen LogP contribution >= 0.6 is 39.1 Å². The van der Waals surface area contributed by atoms with E-state index in [1.165, 1.54) is 0 Å². The molecule has 0 aliphatic heterocycles. The third kappa shape index (κ3) is 4.83. The van der Waals surface area contributed by atoms with Gasteiger partial charge >= 0.3 is 0 Å². The molecule has 3 nitrogen and oxygen atoms in total. The number of hydrogen-bond donors (Lipinski definition) is 2. The van der Waals surface area contributed by atoms with Gasteiger partial charge in [-0.2, -0.15) is 0 Å². The highest BCUT2D eigenvalue weighted by atomic mass is 79.9. The SMILES string of the molecule is CCC(C)(C)NC(=O)C(C)Nc1c(Cl)cc(Br)cc1Cl. The van der Waals surface area contributed by atoms with Gasteiger partial charge in [0.05, 0.1) is 15.7 Å². The van der Waals surface area contributed by atoms with Gasteiger partial charge in [-0.3, -0.25) is 4.79 Å². The lowest BCUT2D eigenvalue weighted by Crippen LogP contribution is -2.48. The number of carbonyl (C=O) groups is 1. The first-order valence-electron chi connectivity index (χ1n) is 6.39. The van der Waals surface area contributed by atoms with Crippen molar-refractivity contribution >= 4 is 50.7 Å². The van der Waals surface area contributed by atoms with Gasteiger partial charge in [0.15, 0.2) is 0 Å². The standard InChI is InChI=1S/C14H19BrCl2N2O/c1-5-14(3,4)19-13(20)8(2)18-12-10(16)6-9(15)7-11(12)17/h6-8,18H,5H2,1-4H3,(H,19,20). The van der Waals surface area contributed by atoms with E-state index in [0.29, 0.717) is 15.7 Å². The van der Waals surface area contributed by atoms with E-state index < -0.39 is 6.04 Å². The van der Waals surface area contributed by atoms with Gasteiger partial charge in [0, 0.05) is 10.0 Å². The van der Waals surface area contributed by atoms with Crippen molar-refractivity contribution in [1.29, 1.82) is 0 Å². The molecule has 0 radical (unpaired) electrons. The maximum absolute atomic E-state index is 12.1. The summed E-state index contributed by atoms with van der Waals surface area (Å²) in [6, 6.07) is 3.03. The number of carbonyl (C=O) groups excluding carboxylic acids is 1. The quantitative estimate of drug-likeness (QED) is 0.764. The molecule has 1 aromatic carbocycles. The van der Waals surface area contributed by atoms with Gasteiger partial charge in [-0.05, 0) is 39.3 Å². The summed E-state index contributed by atoms with van der Waals surface area (Å²) < 4.78 is 0.794. The van der Waals surface area contributed by atoms with Crippen molar-refractivity contribution in [3.63, 3.8) is 0 Å². The van der Waals surface area contributed by atoms with Crippen LogP contribution in [-0.4, -0.2) is 17.5 Å². The van der Waals surface area contributed by atoms with Gasteiger partial charge in [-0.25, -0.2) is 0 Å². The van der Waals surface area contributed by atoms with Crippen LogP contribution in [0.4, 0.5) is 5.69 Å². The molecule has 0 aliphatic carbocycles. The molecule has 1 rings (SSSR count). The maximum atomic E-state index is 12.1. The van der Waals surface area contributed by atoms with Crippen LogP contribution < -0.4 is 10.6 Å². The summed E-state index contributed by atoms with van der Waals surface area (Å²) in [5, 5.41) is 6.98. The third-order valence-corrected chi connectivity index (χ3v) is 4.16. The zero-order chi connectivity index (χ0) is 15.5. The van der Waals surface area contributed by atoms with E-state index in [2.05, 4.69) is 26.6 Å². The lowest BCUT2D eigenvalue weighted by molar-refractivity contribution is -0.123. The fourth-order valence-corrected chi connectivity index (χ4v) is 2.81. The lowest BCUT2D eigenvalue weighted by atomic mass is 10.0. The van der Waals surface area contributed by atoms with Gasteiger partial charge in [0.2, 0.25) is 5.91 Å². The van der Waals surface area contributed by atoms with Crippen molar-refractivity contribution in [3.8, 4) is 0 Å². The van der Waals surface area contributed by atoms with Crippen LogP contribution in [0.2, 0.25) is 10.0 Å². The molecule has 0 aromatic heterocycles. The Hall–Kier alpha value is -0.450. The van der Waals surface area contributed by atoms with E-state index in [9.17, 15) is 4.79 Å². The van der Waals surface area contributed by atoms with Crippen molar-refractivity contribution < 1.29 is 4.79 Å². The second-order valence-corrected chi connectivity index (χ2v) is 7.07. The molecule has 1 unspecified atom stereocenters. The highest BCUT2D eigenvalue weighted by Crippen LogP contribution is 2.34. The van der Waals surface area contributed by atoms with E-state index in [1.807, 2.05) is 20.8 Å². The fraction of sp³-hybridized carbons (Fsp3) is 0.500. The molecule has 0 spiro atoms. The minimum atomic E-state index is -0.433. The number of rotatable bonds is 5. The summed E-state index contributed by atoms with van der Waals surface area (Å²) >= 11 is 15.6. The van der Waals surface area contributed by atoms with Gasteiger partial charge in [-0.1, -0.05) is 46.1 Å². The largest absolute Gasteiger partial charge is 0.371 e. The summed E-state index contributed by atoms with van der Waals surface area (Å²) in [6.07, 6.45) is 0.852. The lowest BCUT2D eigenvalue weighted by Gasteiger charge is -2.27. The number of benzene rings is 1. The van der Waals surface area contributed by atoms with Crippen molar-refractivity contribution in [2.75, 3.05) is 5.32 Å². The average molecular weight is 382 g/mol. The molecule has 0 aliphatic rings. The van der Waals surface area contributed by atoms with E-state index >= 15 is 0 Å². The van der Waals surface area contributed by atoms with Crippen molar-refractivity contribution in [2.24, 2.45) is 0 Å². The molecule has 1 amide bonds. The van der Waals surface area contributed by atoms with Crippen LogP contribution in [0.25, 0.3) is 0 Å². The topological polar surface area (TPSA) is 41.1 Å². The fourth-order valence-electron chi connectivity index (χ4n) is 1.49. The molecule has 112 valence electrons. The summed E-state index contributed by atoms with van der Waals surface area (Å²) in [6.45, 7) is 7.77. The monoisotopic (exact) mass is 380 g/mol. The van der Waals surface area contributed by atoms with Gasteiger partial charge in [-0.15, -0.1) is 0 Å². The Morgan fingerprint density at radius 1 is 1.35 bits per heavy atom. The molecule has 0 saturated heterocycles. The van der Waals surface area contributed by atoms with Crippen LogP contribution in [0.1, 0.15) is 34.1 Å². The number of anilines is 1. The van der Waals surface area contributed by atoms with Crippen LogP contribution in [0.3, 0.4) is 0 Å². The first-order valence-corrected chi connectivity index (χ1v) is 7.94. The summed E-state index contributed by atoms with van der Waals surface area (Å²) in [5.41, 5.74) is 0.328. The summed E-state index contributed by atoms with van der Waals surface area (Å²) in [7, 11) is 0. The molecule has 6 heteroatoms. The molecule has 20 heavy (non-hydrogen) atoms. The predicted molar refractivity (Wildman–Crippen MR) is 89.8 cm³/mol. The van der Waals surface area contributed by atoms with Crippen LogP contribution in [0.5, 0.6) is 0 Å². The van der Waals surface area contributed by atoms with Crippen LogP contribution in [0.15, 0.2) is 16.6 Å². The molecular weight excluding hydrogens is 363 g/mol. The van der Waals surface area contributed by atoms with Crippen LogP contribution in [-0.2, 0) is 4.79 Å². The van der Waals surface area contributed by atoms with Gasteiger partial charge in [0.25, 0.3) is 0 Å². The second-order valence-electron chi connectivity index (χ2n) is 5.34. The Bertz CT molecular complexity index is 483. The Morgan fingerprint density at radius 2 is 1.85 bits per heavy atom. The van der Waals surface area contributed by atoms with Crippen molar-refractivity contribution in [3.05, 3.63) is 26.7 Å². The Morgan fingerprint density at radius 3 is 2.30 bits per heavy atom. The van der Waals surface area contributed by atoms with Crippen molar-refractivity contribution in [1.82, 2.24) is 5.32 Å². The number of nitrogens with one attached hydrogen (secondary N) is 2. The minimum absolute atomic E-state index is 0.0908. The number of hydrogen-bond acceptors (Lipinski definition) is 2. The van der Waals surface area contributed by atoms with Crippen molar-refractivity contribution in [2.45, 2.75) is 45.7 Å². The third-order valence-electron chi connectivity index (χ3n) is 3.11.